The molecular formula is C34H50O19S2. The maximum absolute atomic E-state index is 13.3. The van der Waals surface area contributed by atoms with Gasteiger partial charge in [0.05, 0.1) is 31.0 Å². The largest absolute Gasteiger partial charge is 0.481 e. The number of carboxylic acids is 2. The van der Waals surface area contributed by atoms with Crippen molar-refractivity contribution < 1.29 is 91.1 Å². The molecule has 4 aliphatic carbocycles. The zero-order chi connectivity index (χ0) is 40.1. The van der Waals surface area contributed by atoms with E-state index in [4.69, 9.17) is 42.9 Å². The molecule has 5 rings (SSSR count). The Kier molecular flexibility index (Phi) is 15.3. The average molecular weight is 827 g/mol. The lowest BCUT2D eigenvalue weighted by atomic mass is 9.43. The Morgan fingerprint density at radius 3 is 2.27 bits per heavy atom. The Morgan fingerprint density at radius 2 is 1.64 bits per heavy atom. The number of rotatable bonds is 19. The van der Waals surface area contributed by atoms with E-state index in [9.17, 15) is 29.4 Å². The molecule has 1 heterocycles. The fourth-order valence-corrected chi connectivity index (χ4v) is 10.9. The van der Waals surface area contributed by atoms with Crippen LogP contribution in [0.25, 0.3) is 0 Å². The Balaban J connectivity index is 1.48. The Hall–Kier alpha value is -2.12. The number of aliphatic hydroxyl groups is 1. The van der Waals surface area contributed by atoms with Gasteiger partial charge in [0.2, 0.25) is 0 Å². The van der Waals surface area contributed by atoms with Crippen molar-refractivity contribution in [2.24, 2.45) is 40.4 Å². The summed E-state index contributed by atoms with van der Waals surface area (Å²) in [5.74, 6) is -4.81. The summed E-state index contributed by atoms with van der Waals surface area (Å²) in [6, 6.07) is 0. The van der Waals surface area contributed by atoms with Crippen LogP contribution in [0.5, 0.6) is 0 Å². The van der Waals surface area contributed by atoms with Crippen LogP contribution in [0.2, 0.25) is 0 Å². The molecular weight excluding hydrogens is 776 g/mol. The molecule has 5 fully saturated rings. The third-order valence-electron chi connectivity index (χ3n) is 12.2. The van der Waals surface area contributed by atoms with Crippen LogP contribution < -0.4 is 0 Å². The van der Waals surface area contributed by atoms with Gasteiger partial charge in [-0.05, 0) is 79.6 Å². The van der Waals surface area contributed by atoms with Crippen LogP contribution in [-0.4, -0.2) is 99.2 Å². The molecule has 0 aromatic carbocycles. The van der Waals surface area contributed by atoms with Crippen LogP contribution >= 0.6 is 24.6 Å². The van der Waals surface area contributed by atoms with Crippen molar-refractivity contribution in [2.45, 2.75) is 128 Å². The van der Waals surface area contributed by atoms with E-state index in [2.05, 4.69) is 32.2 Å². The third kappa shape index (κ3) is 9.78. The summed E-state index contributed by atoms with van der Waals surface area (Å²) in [5.41, 5.74) is -0.194. The highest BCUT2D eigenvalue weighted by Crippen LogP contribution is 2.70. The number of hydrogen-bond donors (Lipinski definition) is 5. The summed E-state index contributed by atoms with van der Waals surface area (Å²) in [5, 5.41) is 56.0. The zero-order valence-corrected chi connectivity index (χ0v) is 32.3. The van der Waals surface area contributed by atoms with E-state index < -0.39 is 103 Å². The third-order valence-corrected chi connectivity index (χ3v) is 13.1. The van der Waals surface area contributed by atoms with Crippen LogP contribution in [0.1, 0.15) is 85.0 Å². The van der Waals surface area contributed by atoms with Gasteiger partial charge >= 0.3 is 23.9 Å². The monoisotopic (exact) mass is 826 g/mol. The molecule has 13 atom stereocenters. The minimum Gasteiger partial charge on any atom is -0.481 e. The Morgan fingerprint density at radius 1 is 0.945 bits per heavy atom. The topological polar surface area (TPSA) is 262 Å². The molecule has 55 heavy (non-hydrogen) atoms. The molecule has 4 saturated carbocycles. The van der Waals surface area contributed by atoms with Crippen LogP contribution in [0.4, 0.5) is 0 Å². The standard InChI is InChI=1S/C34H50O19S2/c1-16(2)11-26(38)47-29-28(49-55-53-51-43)27(48-54-52-50-42)22(15-44-25(37)8-7-24(35)36)46-32(29)45-19-12-20(31(40)41)21-9-10-34-13-18(17(3)30(34)39)5-6-23(34)33(21,4)14-19/h16,18-23,27-30,32,39,42-43H,3,5-15H2,1-2,4H3,(H,35,36)(H,40,41)/t18?,19?,20?,21?,22-,23?,27+,28+,29?,30-,32+,33?,34?/m0/s1. The lowest BCUT2D eigenvalue weighted by molar-refractivity contribution is -0.436. The number of ether oxygens (including phenoxy) is 4. The Labute approximate surface area is 326 Å². The van der Waals surface area contributed by atoms with E-state index in [-0.39, 0.29) is 61.2 Å². The number of carboxylic acid groups (broad SMARTS) is 2. The van der Waals surface area contributed by atoms with Crippen molar-refractivity contribution in [1.82, 2.24) is 0 Å². The summed E-state index contributed by atoms with van der Waals surface area (Å²) in [6.07, 6.45) is -5.63. The van der Waals surface area contributed by atoms with E-state index in [1.807, 2.05) is 0 Å². The van der Waals surface area contributed by atoms with Crippen molar-refractivity contribution in [2.75, 3.05) is 6.61 Å². The van der Waals surface area contributed by atoms with Crippen LogP contribution in [0.15, 0.2) is 12.2 Å². The maximum Gasteiger partial charge on any atom is 0.306 e. The molecule has 0 aromatic rings. The molecule has 5 aliphatic rings. The van der Waals surface area contributed by atoms with Crippen LogP contribution in [-0.2, 0) is 65.2 Å². The van der Waals surface area contributed by atoms with Crippen molar-refractivity contribution in [1.29, 1.82) is 0 Å². The minimum absolute atomic E-state index is 0.0333. The Bertz CT molecular complexity index is 1390. The second-order valence-electron chi connectivity index (χ2n) is 15.8. The van der Waals surface area contributed by atoms with Crippen molar-refractivity contribution in [3.05, 3.63) is 12.2 Å². The first-order chi connectivity index (χ1) is 26.1. The van der Waals surface area contributed by atoms with Gasteiger partial charge in [0, 0.05) is 11.8 Å². The van der Waals surface area contributed by atoms with Crippen molar-refractivity contribution in [3.8, 4) is 0 Å². The van der Waals surface area contributed by atoms with Gasteiger partial charge in [0.15, 0.2) is 37.0 Å². The molecule has 312 valence electrons. The number of carbonyl (C=O) groups is 4. The summed E-state index contributed by atoms with van der Waals surface area (Å²) in [6.45, 7) is 9.29. The number of hydrogen-bond acceptors (Lipinski definition) is 19. The molecule has 21 heteroatoms. The maximum atomic E-state index is 13.3. The second kappa shape index (κ2) is 19.1. The number of esters is 2. The van der Waals surface area contributed by atoms with Gasteiger partial charge < -0.3 is 34.3 Å². The summed E-state index contributed by atoms with van der Waals surface area (Å²) >= 11 is 0.204. The number of carbonyl (C=O) groups excluding carboxylic acids is 2. The normalized spacial score (nSPS) is 38.2. The van der Waals surface area contributed by atoms with Crippen molar-refractivity contribution in [3.63, 3.8) is 0 Å². The first-order valence-corrected chi connectivity index (χ1v) is 19.6. The van der Waals surface area contributed by atoms with E-state index in [1.165, 1.54) is 0 Å². The van der Waals surface area contributed by atoms with Gasteiger partial charge in [0.1, 0.15) is 24.9 Å². The van der Waals surface area contributed by atoms with E-state index in [0.717, 1.165) is 24.8 Å². The lowest BCUT2D eigenvalue weighted by Gasteiger charge is -2.62. The van der Waals surface area contributed by atoms with E-state index in [1.54, 1.807) is 13.8 Å². The molecule has 1 aliphatic heterocycles. The van der Waals surface area contributed by atoms with Gasteiger partial charge in [-0.3, -0.25) is 27.5 Å². The molecule has 2 bridgehead atoms. The number of fused-ring (bicyclic) bond motifs is 3. The first kappa shape index (κ1) is 44.0. The molecule has 0 radical (unpaired) electrons. The molecule has 19 nitrogen and oxygen atoms in total. The van der Waals surface area contributed by atoms with Crippen LogP contribution in [0.3, 0.4) is 0 Å². The molecule has 8 unspecified atom stereocenters. The minimum atomic E-state index is -1.52. The lowest BCUT2D eigenvalue weighted by Crippen LogP contribution is -2.63. The van der Waals surface area contributed by atoms with Gasteiger partial charge in [-0.1, -0.05) is 37.4 Å². The SMILES string of the molecule is C=C1C2CCC3C4(C)CC(O[C@@H]5O[C@@H](COC(=O)CCC(=O)O)[C@@H](OSOOO)[C@@H](OSOOO)C5OC(=O)CC(C)C)CC(C(=O)O)C4CCC3(C2)[C@H]1O. The van der Waals surface area contributed by atoms with Gasteiger partial charge in [-0.15, -0.1) is 8.67 Å². The quantitative estimate of drug-likeness (QED) is 0.0229. The molecule has 1 saturated heterocycles. The van der Waals surface area contributed by atoms with Gasteiger partial charge in [0.25, 0.3) is 0 Å². The highest BCUT2D eigenvalue weighted by atomic mass is 32.2. The highest BCUT2D eigenvalue weighted by molar-refractivity contribution is 7.90. The number of aliphatic hydroxyl groups excluding tert-OH is 1. The highest BCUT2D eigenvalue weighted by Gasteiger charge is 2.67. The fraction of sp³-hybridized carbons (Fsp3) is 0.824. The molecule has 0 amide bonds. The van der Waals surface area contributed by atoms with Gasteiger partial charge in [-0.2, -0.15) is 0 Å². The second-order valence-corrected chi connectivity index (χ2v) is 16.7. The van der Waals surface area contributed by atoms with Crippen LogP contribution in [0, 0.1) is 40.4 Å². The molecule has 5 N–H and O–H groups in total. The van der Waals surface area contributed by atoms with Gasteiger partial charge in [-0.25, -0.2) is 10.5 Å². The first-order valence-electron chi connectivity index (χ1n) is 18.2. The van der Waals surface area contributed by atoms with E-state index >= 15 is 0 Å². The molecule has 1 spiro atoms. The smallest absolute Gasteiger partial charge is 0.306 e. The summed E-state index contributed by atoms with van der Waals surface area (Å²) < 4.78 is 44.4. The summed E-state index contributed by atoms with van der Waals surface area (Å²) in [7, 11) is 0. The predicted octanol–water partition coefficient (Wildman–Crippen LogP) is 4.45. The number of aliphatic carboxylic acids is 2. The summed E-state index contributed by atoms with van der Waals surface area (Å²) in [4.78, 5) is 49.8. The predicted molar refractivity (Wildman–Crippen MR) is 185 cm³/mol. The zero-order valence-electron chi connectivity index (χ0n) is 30.7. The average Bonchev–Trinajstić information content (AvgIpc) is 3.29. The fourth-order valence-electron chi connectivity index (χ4n) is 10.1. The van der Waals surface area contributed by atoms with E-state index in [0.29, 0.717) is 19.3 Å². The van der Waals surface area contributed by atoms with Crippen molar-refractivity contribution >= 4 is 48.5 Å². The molecule has 0 aromatic heterocycles.